The van der Waals surface area contributed by atoms with E-state index in [0.717, 1.165) is 19.6 Å². The third-order valence-corrected chi connectivity index (χ3v) is 0.889. The predicted molar refractivity (Wildman–Crippen MR) is 38.8 cm³/mol. The summed E-state index contributed by atoms with van der Waals surface area (Å²) >= 11 is 0. The first kappa shape index (κ1) is 8.56. The topological polar surface area (TPSA) is 28.0 Å². The molecule has 0 amide bonds. The van der Waals surface area contributed by atoms with Crippen molar-refractivity contribution in [1.29, 1.82) is 0 Å². The normalized spacial score (nSPS) is 11.6. The van der Waals surface area contributed by atoms with Crippen molar-refractivity contribution in [2.24, 2.45) is 10.2 Å². The molecule has 0 radical (unpaired) electrons. The van der Waals surface area contributed by atoms with Gasteiger partial charge in [0.15, 0.2) is 0 Å². The van der Waals surface area contributed by atoms with Crippen LogP contribution < -0.4 is 0 Å². The Labute approximate surface area is 56.8 Å². The van der Waals surface area contributed by atoms with Gasteiger partial charge in [-0.15, -0.1) is 0 Å². The molecule has 3 heteroatoms. The minimum absolute atomic E-state index is 0.799. The van der Waals surface area contributed by atoms with Gasteiger partial charge in [0.2, 0.25) is 0 Å². The molecule has 0 aromatic rings. The summed E-state index contributed by atoms with van der Waals surface area (Å²) < 4.78 is 0. The van der Waals surface area contributed by atoms with Crippen LogP contribution in [-0.2, 0) is 0 Å². The van der Waals surface area contributed by atoms with Crippen LogP contribution in [0.5, 0.6) is 0 Å². The van der Waals surface area contributed by atoms with E-state index in [1.54, 1.807) is 0 Å². The summed E-state index contributed by atoms with van der Waals surface area (Å²) in [5, 5.41) is 7.76. The van der Waals surface area contributed by atoms with Crippen molar-refractivity contribution in [1.82, 2.24) is 4.90 Å². The summed E-state index contributed by atoms with van der Waals surface area (Å²) in [7, 11) is 4.06. The van der Waals surface area contributed by atoms with Crippen LogP contribution in [0.3, 0.4) is 0 Å². The zero-order valence-corrected chi connectivity index (χ0v) is 6.46. The fourth-order valence-electron chi connectivity index (χ4n) is 0.415. The molecule has 0 saturated heterocycles. The molecule has 0 aliphatic rings. The van der Waals surface area contributed by atoms with Crippen LogP contribution >= 0.6 is 0 Å². The fraction of sp³-hybridized carbons (Fsp3) is 1.00. The Balaban J connectivity index is 2.99. The van der Waals surface area contributed by atoms with E-state index in [-0.39, 0.29) is 0 Å². The molecule has 0 fully saturated rings. The van der Waals surface area contributed by atoms with Crippen LogP contribution in [0.15, 0.2) is 10.2 Å². The van der Waals surface area contributed by atoms with Crippen molar-refractivity contribution in [3.63, 3.8) is 0 Å². The lowest BCUT2D eigenvalue weighted by Crippen LogP contribution is -2.15. The fourth-order valence-corrected chi connectivity index (χ4v) is 0.415. The second kappa shape index (κ2) is 5.69. The van der Waals surface area contributed by atoms with E-state index in [2.05, 4.69) is 15.1 Å². The lowest BCUT2D eigenvalue weighted by molar-refractivity contribution is 0.417. The molecule has 9 heavy (non-hydrogen) atoms. The van der Waals surface area contributed by atoms with Gasteiger partial charge in [-0.1, -0.05) is 0 Å². The zero-order chi connectivity index (χ0) is 7.11. The smallest absolute Gasteiger partial charge is 0.0725 e. The summed E-state index contributed by atoms with van der Waals surface area (Å²) in [4.78, 5) is 2.09. The van der Waals surface area contributed by atoms with Gasteiger partial charge in [0.25, 0.3) is 0 Å². The van der Waals surface area contributed by atoms with Crippen molar-refractivity contribution >= 4 is 0 Å². The lowest BCUT2D eigenvalue weighted by Gasteiger charge is -2.04. The molecule has 0 bridgehead atoms. The molecule has 0 spiro atoms. The summed E-state index contributed by atoms with van der Waals surface area (Å²) in [5.74, 6) is 0. The van der Waals surface area contributed by atoms with Gasteiger partial charge in [-0.2, -0.15) is 10.2 Å². The monoisotopic (exact) mass is 129 g/mol. The summed E-state index contributed by atoms with van der Waals surface area (Å²) in [6.45, 7) is 4.59. The van der Waals surface area contributed by atoms with Crippen molar-refractivity contribution in [3.8, 4) is 0 Å². The molecule has 0 aliphatic carbocycles. The molecule has 0 unspecified atom stereocenters. The third kappa shape index (κ3) is 7.56. The average Bonchev–Trinajstić information content (AvgIpc) is 1.80. The second-order valence-electron chi connectivity index (χ2n) is 2.13. The molecule has 0 aromatic carbocycles. The van der Waals surface area contributed by atoms with Crippen molar-refractivity contribution in [2.45, 2.75) is 6.92 Å². The Kier molecular flexibility index (Phi) is 5.41. The molecule has 0 rings (SSSR count). The van der Waals surface area contributed by atoms with E-state index in [1.165, 1.54) is 0 Å². The van der Waals surface area contributed by atoms with Crippen LogP contribution in [0.1, 0.15) is 6.92 Å². The number of likely N-dealkylation sites (N-methyl/N-ethyl adjacent to an activating group) is 1. The highest BCUT2D eigenvalue weighted by molar-refractivity contribution is 4.44. The van der Waals surface area contributed by atoms with Crippen LogP contribution in [0.4, 0.5) is 0 Å². The van der Waals surface area contributed by atoms with Crippen LogP contribution in [0.2, 0.25) is 0 Å². The van der Waals surface area contributed by atoms with E-state index >= 15 is 0 Å². The number of nitrogens with zero attached hydrogens (tertiary/aromatic N) is 3. The third-order valence-electron chi connectivity index (χ3n) is 0.889. The number of rotatable bonds is 4. The Morgan fingerprint density at radius 2 is 1.89 bits per heavy atom. The molecule has 0 aromatic heterocycles. The quantitative estimate of drug-likeness (QED) is 0.521. The first-order valence-electron chi connectivity index (χ1n) is 3.25. The second-order valence-corrected chi connectivity index (χ2v) is 2.13. The van der Waals surface area contributed by atoms with Gasteiger partial charge < -0.3 is 4.90 Å². The number of hydrogen-bond donors (Lipinski definition) is 0. The lowest BCUT2D eigenvalue weighted by atomic mass is 10.6. The predicted octanol–water partition coefficient (Wildman–Crippen LogP) is 1.02. The molecule has 0 aliphatic heterocycles. The molecule has 0 atom stereocenters. The van der Waals surface area contributed by atoms with Gasteiger partial charge in [-0.25, -0.2) is 0 Å². The molecule has 3 nitrogen and oxygen atoms in total. The van der Waals surface area contributed by atoms with Gasteiger partial charge in [0, 0.05) is 6.54 Å². The summed E-state index contributed by atoms with van der Waals surface area (Å²) in [6, 6.07) is 0. The van der Waals surface area contributed by atoms with Crippen LogP contribution in [-0.4, -0.2) is 38.6 Å². The molecular formula is C6H15N3. The Morgan fingerprint density at radius 1 is 1.22 bits per heavy atom. The average molecular weight is 129 g/mol. The van der Waals surface area contributed by atoms with Gasteiger partial charge in [0.05, 0.1) is 13.1 Å². The van der Waals surface area contributed by atoms with Gasteiger partial charge in [-0.3, -0.25) is 0 Å². The van der Waals surface area contributed by atoms with E-state index in [1.807, 2.05) is 21.0 Å². The highest BCUT2D eigenvalue weighted by Gasteiger charge is 1.84. The standard InChI is InChI=1S/C6H15N3/c1-4-7-8-5-6-9(2)3/h4-6H2,1-3H3/b8-7+. The van der Waals surface area contributed by atoms with Gasteiger partial charge in [-0.05, 0) is 21.0 Å². The number of azo groups is 1. The SMILES string of the molecule is CC/N=N/CCN(C)C. The first-order chi connectivity index (χ1) is 4.27. The van der Waals surface area contributed by atoms with E-state index in [4.69, 9.17) is 0 Å². The Hall–Kier alpha value is -0.440. The van der Waals surface area contributed by atoms with Crippen LogP contribution in [0, 0.1) is 0 Å². The van der Waals surface area contributed by atoms with Gasteiger partial charge >= 0.3 is 0 Å². The number of hydrogen-bond acceptors (Lipinski definition) is 3. The summed E-state index contributed by atoms with van der Waals surface area (Å²) in [6.07, 6.45) is 0. The highest BCUT2D eigenvalue weighted by Crippen LogP contribution is 1.77. The molecule has 0 heterocycles. The van der Waals surface area contributed by atoms with E-state index in [0.29, 0.717) is 0 Å². The van der Waals surface area contributed by atoms with Crippen LogP contribution in [0.25, 0.3) is 0 Å². The van der Waals surface area contributed by atoms with Gasteiger partial charge in [0.1, 0.15) is 0 Å². The van der Waals surface area contributed by atoms with E-state index in [9.17, 15) is 0 Å². The zero-order valence-electron chi connectivity index (χ0n) is 6.46. The maximum Gasteiger partial charge on any atom is 0.0725 e. The molecular weight excluding hydrogens is 114 g/mol. The summed E-state index contributed by atoms with van der Waals surface area (Å²) in [5.41, 5.74) is 0. The minimum atomic E-state index is 0.799. The largest absolute Gasteiger partial charge is 0.307 e. The molecule has 54 valence electrons. The van der Waals surface area contributed by atoms with Crippen molar-refractivity contribution in [2.75, 3.05) is 33.7 Å². The molecule has 0 N–H and O–H groups in total. The molecule has 0 saturated carbocycles. The Morgan fingerprint density at radius 3 is 2.33 bits per heavy atom. The maximum absolute atomic E-state index is 3.91. The first-order valence-corrected chi connectivity index (χ1v) is 3.25. The van der Waals surface area contributed by atoms with E-state index < -0.39 is 0 Å². The minimum Gasteiger partial charge on any atom is -0.307 e. The highest BCUT2D eigenvalue weighted by atomic mass is 15.1. The Bertz CT molecular complexity index is 78.4. The van der Waals surface area contributed by atoms with Crippen molar-refractivity contribution < 1.29 is 0 Å². The van der Waals surface area contributed by atoms with Crippen molar-refractivity contribution in [3.05, 3.63) is 0 Å². The maximum atomic E-state index is 3.91.